The molecule has 1 rings (SSSR count). The number of halogens is 1. The van der Waals surface area contributed by atoms with Crippen molar-refractivity contribution in [2.24, 2.45) is 10.7 Å². The maximum atomic E-state index is 6.11. The quantitative estimate of drug-likeness (QED) is 0.768. The smallest absolute Gasteiger partial charge is 0.0848 e. The zero-order chi connectivity index (χ0) is 11.4. The Balaban J connectivity index is 3.25. The van der Waals surface area contributed by atoms with Gasteiger partial charge in [0.2, 0.25) is 0 Å². The summed E-state index contributed by atoms with van der Waals surface area (Å²) in [6.07, 6.45) is 0. The van der Waals surface area contributed by atoms with Crippen molar-refractivity contribution in [1.82, 2.24) is 0 Å². The molecule has 1 aromatic rings. The van der Waals surface area contributed by atoms with Gasteiger partial charge in [-0.2, -0.15) is 0 Å². The number of aliphatic imine (C=N–C) groups is 1. The molecule has 0 amide bonds. The second-order valence-electron chi connectivity index (χ2n) is 3.35. The number of aryl methyl sites for hydroxylation is 1. The molecule has 80 valence electrons. The van der Waals surface area contributed by atoms with Crippen molar-refractivity contribution in [3.05, 3.63) is 40.4 Å². The summed E-state index contributed by atoms with van der Waals surface area (Å²) in [5.41, 5.74) is 9.38. The van der Waals surface area contributed by atoms with E-state index in [1.54, 1.807) is 7.05 Å². The average Bonchev–Trinajstić information content (AvgIpc) is 2.26. The first-order chi connectivity index (χ1) is 7.07. The fourth-order valence-electron chi connectivity index (χ4n) is 1.29. The molecule has 0 saturated heterocycles. The summed E-state index contributed by atoms with van der Waals surface area (Å²) in [5.74, 6) is 0. The summed E-state index contributed by atoms with van der Waals surface area (Å²) < 4.78 is 0. The monoisotopic (exact) mass is 222 g/mol. The number of nitrogens with zero attached hydrogens (tertiary/aromatic N) is 1. The van der Waals surface area contributed by atoms with Crippen molar-refractivity contribution in [2.45, 2.75) is 13.8 Å². The van der Waals surface area contributed by atoms with Gasteiger partial charge in [0.05, 0.1) is 16.4 Å². The van der Waals surface area contributed by atoms with Crippen LogP contribution in [-0.4, -0.2) is 12.8 Å². The summed E-state index contributed by atoms with van der Waals surface area (Å²) in [6, 6.07) is 7.87. The van der Waals surface area contributed by atoms with Gasteiger partial charge in [0.1, 0.15) is 0 Å². The van der Waals surface area contributed by atoms with Crippen LogP contribution in [0, 0.1) is 6.92 Å². The molecule has 0 aromatic heterocycles. The number of nitrogens with two attached hydrogens (primary N) is 1. The Morgan fingerprint density at radius 3 is 2.47 bits per heavy atom. The molecule has 1 aromatic carbocycles. The first kappa shape index (κ1) is 11.8. The Morgan fingerprint density at radius 1 is 1.33 bits per heavy atom. The van der Waals surface area contributed by atoms with Crippen LogP contribution in [0.2, 0.25) is 0 Å². The predicted octanol–water partition coefficient (Wildman–Crippen LogP) is 2.95. The topological polar surface area (TPSA) is 38.4 Å². The summed E-state index contributed by atoms with van der Waals surface area (Å²) in [6.45, 7) is 3.85. The molecule has 0 aliphatic rings. The molecule has 15 heavy (non-hydrogen) atoms. The van der Waals surface area contributed by atoms with E-state index in [-0.39, 0.29) is 0 Å². The molecule has 0 bridgehead atoms. The molecule has 0 aliphatic carbocycles. The Morgan fingerprint density at radius 2 is 1.93 bits per heavy atom. The van der Waals surface area contributed by atoms with Crippen LogP contribution < -0.4 is 5.73 Å². The van der Waals surface area contributed by atoms with Gasteiger partial charge in [-0.25, -0.2) is 0 Å². The number of benzene rings is 1. The highest BCUT2D eigenvalue weighted by atomic mass is 35.5. The highest BCUT2D eigenvalue weighted by Crippen LogP contribution is 2.20. The molecular formula is C12H15ClN2. The summed E-state index contributed by atoms with van der Waals surface area (Å²) in [7, 11) is 1.70. The van der Waals surface area contributed by atoms with Gasteiger partial charge in [-0.05, 0) is 19.4 Å². The van der Waals surface area contributed by atoms with Gasteiger partial charge in [-0.1, -0.05) is 35.9 Å². The van der Waals surface area contributed by atoms with Gasteiger partial charge < -0.3 is 5.73 Å². The van der Waals surface area contributed by atoms with Crippen LogP contribution in [0.4, 0.5) is 0 Å². The maximum absolute atomic E-state index is 6.11. The Kier molecular flexibility index (Phi) is 3.92. The van der Waals surface area contributed by atoms with E-state index in [2.05, 4.69) is 4.99 Å². The van der Waals surface area contributed by atoms with Gasteiger partial charge in [-0.3, -0.25) is 4.99 Å². The van der Waals surface area contributed by atoms with E-state index in [1.807, 2.05) is 38.1 Å². The molecule has 2 N–H and O–H groups in total. The predicted molar refractivity (Wildman–Crippen MR) is 67.2 cm³/mol. The van der Waals surface area contributed by atoms with Crippen molar-refractivity contribution in [2.75, 3.05) is 7.05 Å². The molecule has 0 spiro atoms. The molecular weight excluding hydrogens is 208 g/mol. The van der Waals surface area contributed by atoms with E-state index in [0.29, 0.717) is 10.7 Å². The van der Waals surface area contributed by atoms with Gasteiger partial charge in [0, 0.05) is 12.6 Å². The number of allylic oxidation sites excluding steroid dienone is 1. The van der Waals surface area contributed by atoms with E-state index >= 15 is 0 Å². The molecule has 0 saturated carbocycles. The summed E-state index contributed by atoms with van der Waals surface area (Å²) in [5, 5.41) is 0.520. The SMILES string of the molecule is CN=C(C)C(Cl)=C(N)c1ccccc1C. The third-order valence-corrected chi connectivity index (χ3v) is 2.80. The van der Waals surface area contributed by atoms with E-state index < -0.39 is 0 Å². The lowest BCUT2D eigenvalue weighted by molar-refractivity contribution is 1.38. The van der Waals surface area contributed by atoms with Crippen molar-refractivity contribution in [1.29, 1.82) is 0 Å². The average molecular weight is 223 g/mol. The first-order valence-corrected chi connectivity index (χ1v) is 5.10. The minimum Gasteiger partial charge on any atom is -0.397 e. The zero-order valence-electron chi connectivity index (χ0n) is 9.21. The number of rotatable bonds is 2. The zero-order valence-corrected chi connectivity index (χ0v) is 9.97. The molecule has 0 atom stereocenters. The molecule has 3 heteroatoms. The van der Waals surface area contributed by atoms with Crippen molar-refractivity contribution < 1.29 is 0 Å². The van der Waals surface area contributed by atoms with Gasteiger partial charge in [-0.15, -0.1) is 0 Å². The van der Waals surface area contributed by atoms with Gasteiger partial charge >= 0.3 is 0 Å². The van der Waals surface area contributed by atoms with E-state index in [9.17, 15) is 0 Å². The van der Waals surface area contributed by atoms with E-state index in [1.165, 1.54) is 0 Å². The third kappa shape index (κ3) is 2.60. The number of hydrogen-bond acceptors (Lipinski definition) is 2. The van der Waals surface area contributed by atoms with Crippen molar-refractivity contribution in [3.63, 3.8) is 0 Å². The Bertz CT molecular complexity index is 419. The summed E-state index contributed by atoms with van der Waals surface area (Å²) >= 11 is 6.11. The first-order valence-electron chi connectivity index (χ1n) is 4.73. The van der Waals surface area contributed by atoms with E-state index in [4.69, 9.17) is 17.3 Å². The highest BCUT2D eigenvalue weighted by Gasteiger charge is 2.07. The molecule has 0 unspecified atom stereocenters. The second-order valence-corrected chi connectivity index (χ2v) is 3.73. The van der Waals surface area contributed by atoms with Crippen LogP contribution in [0.1, 0.15) is 18.1 Å². The van der Waals surface area contributed by atoms with E-state index in [0.717, 1.165) is 16.8 Å². The minimum absolute atomic E-state index is 0.520. The normalized spacial score (nSPS) is 13.7. The third-order valence-electron chi connectivity index (χ3n) is 2.32. The lowest BCUT2D eigenvalue weighted by Crippen LogP contribution is -2.05. The van der Waals surface area contributed by atoms with Crippen LogP contribution in [0.15, 0.2) is 34.3 Å². The van der Waals surface area contributed by atoms with Gasteiger partial charge in [0.15, 0.2) is 0 Å². The summed E-state index contributed by atoms with van der Waals surface area (Å²) in [4.78, 5) is 4.01. The van der Waals surface area contributed by atoms with Crippen LogP contribution in [0.3, 0.4) is 0 Å². The Labute approximate surface area is 95.5 Å². The molecule has 2 nitrogen and oxygen atoms in total. The Hall–Kier alpha value is -1.28. The molecule has 0 fully saturated rings. The van der Waals surface area contributed by atoms with Gasteiger partial charge in [0.25, 0.3) is 0 Å². The molecule has 0 aliphatic heterocycles. The molecule has 0 radical (unpaired) electrons. The highest BCUT2D eigenvalue weighted by molar-refractivity contribution is 6.46. The largest absolute Gasteiger partial charge is 0.397 e. The van der Waals surface area contributed by atoms with Crippen LogP contribution in [0.25, 0.3) is 5.70 Å². The van der Waals surface area contributed by atoms with Crippen LogP contribution >= 0.6 is 11.6 Å². The second kappa shape index (κ2) is 4.99. The van der Waals surface area contributed by atoms with Crippen LogP contribution in [0.5, 0.6) is 0 Å². The van der Waals surface area contributed by atoms with Crippen LogP contribution in [-0.2, 0) is 0 Å². The number of hydrogen-bond donors (Lipinski definition) is 1. The minimum atomic E-state index is 0.520. The lowest BCUT2D eigenvalue weighted by Gasteiger charge is -2.08. The van der Waals surface area contributed by atoms with Crippen molar-refractivity contribution >= 4 is 23.0 Å². The molecule has 0 heterocycles. The van der Waals surface area contributed by atoms with Crippen molar-refractivity contribution in [3.8, 4) is 0 Å². The standard InChI is InChI=1S/C12H15ClN2/c1-8-6-4-5-7-10(8)12(14)11(13)9(2)15-3/h4-7H,14H2,1-3H3. The fraction of sp³-hybridized carbons (Fsp3) is 0.250. The maximum Gasteiger partial charge on any atom is 0.0848 e. The fourth-order valence-corrected chi connectivity index (χ4v) is 1.47. The lowest BCUT2D eigenvalue weighted by atomic mass is 10.1.